The number of nitrogens with two attached hydrogens (primary N) is 1. The van der Waals surface area contributed by atoms with Crippen molar-refractivity contribution in [1.29, 1.82) is 0 Å². The zero-order valence-electron chi connectivity index (χ0n) is 9.94. The summed E-state index contributed by atoms with van der Waals surface area (Å²) in [5.74, 6) is -0.520. The quantitative estimate of drug-likeness (QED) is 0.694. The van der Waals surface area contributed by atoms with Gasteiger partial charge in [-0.3, -0.25) is 0 Å². The third-order valence-corrected chi connectivity index (χ3v) is 5.37. The number of nitrogens with one attached hydrogen (secondary N) is 1. The van der Waals surface area contributed by atoms with E-state index >= 15 is 0 Å². The molecule has 1 unspecified atom stereocenters. The lowest BCUT2D eigenvalue weighted by molar-refractivity contribution is 0.155. The standard InChI is InChI=1S/C11H14BrFN2O3S/c12-7-3-8(13)9(14)4-11(7)19(17,18)15-5-10(16)6-1-2-6/h3-4,6,10,15-16H,1-2,5,14H2. The molecule has 0 aromatic heterocycles. The molecule has 2 rings (SSSR count). The van der Waals surface area contributed by atoms with E-state index in [4.69, 9.17) is 5.73 Å². The van der Waals surface area contributed by atoms with Crippen molar-refractivity contribution in [3.05, 3.63) is 22.4 Å². The molecule has 0 amide bonds. The largest absolute Gasteiger partial charge is 0.396 e. The van der Waals surface area contributed by atoms with E-state index in [0.29, 0.717) is 0 Å². The third-order valence-electron chi connectivity index (χ3n) is 2.99. The Morgan fingerprint density at radius 1 is 1.53 bits per heavy atom. The van der Waals surface area contributed by atoms with Gasteiger partial charge in [0.1, 0.15) is 5.82 Å². The van der Waals surface area contributed by atoms with E-state index in [0.717, 1.165) is 25.0 Å². The molecule has 4 N–H and O–H groups in total. The van der Waals surface area contributed by atoms with Crippen LogP contribution in [-0.2, 0) is 10.0 Å². The van der Waals surface area contributed by atoms with E-state index < -0.39 is 21.9 Å². The Hall–Kier alpha value is -0.700. The lowest BCUT2D eigenvalue weighted by atomic mass is 10.2. The molecule has 8 heteroatoms. The zero-order chi connectivity index (χ0) is 14.2. The average molecular weight is 353 g/mol. The summed E-state index contributed by atoms with van der Waals surface area (Å²) in [5, 5.41) is 9.64. The van der Waals surface area contributed by atoms with Crippen LogP contribution in [0.15, 0.2) is 21.5 Å². The van der Waals surface area contributed by atoms with Crippen molar-refractivity contribution in [2.75, 3.05) is 12.3 Å². The minimum atomic E-state index is -3.83. The third kappa shape index (κ3) is 3.44. The van der Waals surface area contributed by atoms with Gasteiger partial charge in [-0.2, -0.15) is 0 Å². The van der Waals surface area contributed by atoms with Crippen molar-refractivity contribution in [2.45, 2.75) is 23.8 Å². The van der Waals surface area contributed by atoms with Crippen molar-refractivity contribution in [1.82, 2.24) is 4.72 Å². The summed E-state index contributed by atoms with van der Waals surface area (Å²) in [6.07, 6.45) is 1.14. The fourth-order valence-corrected chi connectivity index (χ4v) is 3.77. The zero-order valence-corrected chi connectivity index (χ0v) is 12.3. The number of hydrogen-bond acceptors (Lipinski definition) is 4. The summed E-state index contributed by atoms with van der Waals surface area (Å²) in [6, 6.07) is 2.05. The van der Waals surface area contributed by atoms with Crippen LogP contribution in [0.25, 0.3) is 0 Å². The van der Waals surface area contributed by atoms with E-state index in [9.17, 15) is 17.9 Å². The number of aliphatic hydroxyl groups excluding tert-OH is 1. The van der Waals surface area contributed by atoms with E-state index in [1.165, 1.54) is 0 Å². The van der Waals surface area contributed by atoms with Gasteiger partial charge < -0.3 is 10.8 Å². The van der Waals surface area contributed by atoms with Crippen molar-refractivity contribution in [3.63, 3.8) is 0 Å². The molecule has 1 aromatic rings. The Morgan fingerprint density at radius 2 is 2.16 bits per heavy atom. The van der Waals surface area contributed by atoms with E-state index in [-0.39, 0.29) is 27.5 Å². The molecule has 1 aromatic carbocycles. The maximum absolute atomic E-state index is 13.2. The highest BCUT2D eigenvalue weighted by atomic mass is 79.9. The molecule has 1 aliphatic rings. The number of hydrogen-bond donors (Lipinski definition) is 3. The number of aliphatic hydroxyl groups is 1. The van der Waals surface area contributed by atoms with Gasteiger partial charge in [-0.15, -0.1) is 0 Å². The van der Waals surface area contributed by atoms with Gasteiger partial charge in [-0.05, 0) is 46.8 Å². The van der Waals surface area contributed by atoms with Crippen LogP contribution in [0.3, 0.4) is 0 Å². The highest BCUT2D eigenvalue weighted by Gasteiger charge is 2.31. The molecule has 0 radical (unpaired) electrons. The number of halogens is 2. The van der Waals surface area contributed by atoms with Gasteiger partial charge in [0.15, 0.2) is 0 Å². The molecule has 1 saturated carbocycles. The van der Waals surface area contributed by atoms with Crippen molar-refractivity contribution in [2.24, 2.45) is 5.92 Å². The minimum Gasteiger partial charge on any atom is -0.396 e. The Balaban J connectivity index is 2.16. The topological polar surface area (TPSA) is 92.4 Å². The second-order valence-electron chi connectivity index (χ2n) is 4.56. The molecule has 1 atom stereocenters. The monoisotopic (exact) mass is 352 g/mol. The summed E-state index contributed by atoms with van der Waals surface area (Å²) < 4.78 is 39.6. The van der Waals surface area contributed by atoms with Crippen LogP contribution in [0.4, 0.5) is 10.1 Å². The van der Waals surface area contributed by atoms with E-state index in [2.05, 4.69) is 20.7 Å². The molecule has 0 heterocycles. The lowest BCUT2D eigenvalue weighted by Gasteiger charge is -2.13. The summed E-state index contributed by atoms with van der Waals surface area (Å²) in [5.41, 5.74) is 5.12. The first kappa shape index (κ1) is 14.7. The van der Waals surface area contributed by atoms with Gasteiger partial charge in [0.2, 0.25) is 10.0 Å². The number of rotatable bonds is 5. The molecule has 0 aliphatic heterocycles. The van der Waals surface area contributed by atoms with Crippen molar-refractivity contribution >= 4 is 31.6 Å². The minimum absolute atomic E-state index is 0.0588. The van der Waals surface area contributed by atoms with Gasteiger partial charge in [0.05, 0.1) is 16.7 Å². The van der Waals surface area contributed by atoms with Gasteiger partial charge in [0.25, 0.3) is 0 Å². The van der Waals surface area contributed by atoms with Crippen LogP contribution in [0.2, 0.25) is 0 Å². The maximum atomic E-state index is 13.2. The molecule has 5 nitrogen and oxygen atoms in total. The maximum Gasteiger partial charge on any atom is 0.241 e. The smallest absolute Gasteiger partial charge is 0.241 e. The normalized spacial score (nSPS) is 17.4. The van der Waals surface area contributed by atoms with Gasteiger partial charge in [-0.1, -0.05) is 0 Å². The molecule has 0 spiro atoms. The van der Waals surface area contributed by atoms with Gasteiger partial charge in [-0.25, -0.2) is 17.5 Å². The van der Waals surface area contributed by atoms with Gasteiger partial charge in [0, 0.05) is 11.0 Å². The fraction of sp³-hybridized carbons (Fsp3) is 0.455. The van der Waals surface area contributed by atoms with Crippen LogP contribution in [0.1, 0.15) is 12.8 Å². The molecule has 1 fully saturated rings. The molecule has 106 valence electrons. The fourth-order valence-electron chi connectivity index (χ4n) is 1.67. The lowest BCUT2D eigenvalue weighted by Crippen LogP contribution is -2.33. The second-order valence-corrected chi connectivity index (χ2v) is 7.15. The Kier molecular flexibility index (Phi) is 4.14. The molecular formula is C11H14BrFN2O3S. The summed E-state index contributed by atoms with van der Waals surface area (Å²) >= 11 is 2.99. The van der Waals surface area contributed by atoms with E-state index in [1.807, 2.05) is 0 Å². The van der Waals surface area contributed by atoms with Crippen LogP contribution in [0, 0.1) is 11.7 Å². The number of benzene rings is 1. The predicted molar refractivity (Wildman–Crippen MR) is 72.4 cm³/mol. The first-order valence-electron chi connectivity index (χ1n) is 5.73. The summed E-state index contributed by atoms with van der Waals surface area (Å²) in [4.78, 5) is -0.144. The molecular weight excluding hydrogens is 339 g/mol. The summed E-state index contributed by atoms with van der Waals surface area (Å²) in [6.45, 7) is -0.0588. The van der Waals surface area contributed by atoms with Crippen molar-refractivity contribution in [3.8, 4) is 0 Å². The molecule has 0 bridgehead atoms. The van der Waals surface area contributed by atoms with Crippen LogP contribution in [-0.4, -0.2) is 26.2 Å². The summed E-state index contributed by atoms with van der Waals surface area (Å²) in [7, 11) is -3.83. The second kappa shape index (κ2) is 5.35. The molecule has 19 heavy (non-hydrogen) atoms. The van der Waals surface area contributed by atoms with Crippen molar-refractivity contribution < 1.29 is 17.9 Å². The Morgan fingerprint density at radius 3 is 2.74 bits per heavy atom. The molecule has 1 aliphatic carbocycles. The Bertz CT molecular complexity index is 590. The van der Waals surface area contributed by atoms with Gasteiger partial charge >= 0.3 is 0 Å². The predicted octanol–water partition coefficient (Wildman–Crippen LogP) is 1.22. The first-order valence-corrected chi connectivity index (χ1v) is 8.01. The highest BCUT2D eigenvalue weighted by molar-refractivity contribution is 9.10. The van der Waals surface area contributed by atoms with Crippen LogP contribution < -0.4 is 10.5 Å². The number of anilines is 1. The molecule has 0 saturated heterocycles. The Labute approximate surface area is 119 Å². The van der Waals surface area contributed by atoms with Crippen LogP contribution >= 0.6 is 15.9 Å². The first-order chi connectivity index (χ1) is 8.81. The van der Waals surface area contributed by atoms with E-state index in [1.54, 1.807) is 0 Å². The highest BCUT2D eigenvalue weighted by Crippen LogP contribution is 2.32. The average Bonchev–Trinajstić information content (AvgIpc) is 3.14. The SMILES string of the molecule is Nc1cc(S(=O)(=O)NCC(O)C2CC2)c(Br)cc1F. The number of sulfonamides is 1. The number of nitrogen functional groups attached to an aromatic ring is 1. The van der Waals surface area contributed by atoms with Crippen LogP contribution in [0.5, 0.6) is 0 Å².